The van der Waals surface area contributed by atoms with Gasteiger partial charge in [0.05, 0.1) is 19.4 Å². The summed E-state index contributed by atoms with van der Waals surface area (Å²) in [5.41, 5.74) is 2.21. The summed E-state index contributed by atoms with van der Waals surface area (Å²) in [6.45, 7) is 2.22. The molecule has 0 radical (unpaired) electrons. The molecule has 0 spiro atoms. The zero-order valence-corrected chi connectivity index (χ0v) is 17.6. The number of rotatable bonds is 7. The van der Waals surface area contributed by atoms with Gasteiger partial charge in [-0.2, -0.15) is 4.98 Å². The highest BCUT2D eigenvalue weighted by Gasteiger charge is 2.16. The maximum atomic E-state index is 13.8. The molecule has 1 amide bonds. The fourth-order valence-corrected chi connectivity index (χ4v) is 3.16. The summed E-state index contributed by atoms with van der Waals surface area (Å²) in [7, 11) is 1.55. The van der Waals surface area contributed by atoms with Gasteiger partial charge in [-0.1, -0.05) is 24.3 Å². The highest BCUT2D eigenvalue weighted by molar-refractivity contribution is 6.04. The van der Waals surface area contributed by atoms with Gasteiger partial charge >= 0.3 is 6.01 Å². The van der Waals surface area contributed by atoms with E-state index in [1.165, 1.54) is 12.1 Å². The number of carbonyl (C=O) groups excluding carboxylic acids is 1. The second-order valence-corrected chi connectivity index (χ2v) is 6.81. The smallest absolute Gasteiger partial charge is 0.336 e. The van der Waals surface area contributed by atoms with E-state index < -0.39 is 0 Å². The summed E-state index contributed by atoms with van der Waals surface area (Å²) in [5, 5.41) is 7.28. The van der Waals surface area contributed by atoms with Crippen LogP contribution in [0.15, 0.2) is 72.8 Å². The Hall–Kier alpha value is -4.20. The number of aromatic nitrogens is 3. The molecule has 1 aromatic heterocycles. The largest absolute Gasteiger partial charge is 0.497 e. The Balaban J connectivity index is 1.67. The van der Waals surface area contributed by atoms with Crippen LogP contribution < -0.4 is 14.8 Å². The van der Waals surface area contributed by atoms with Crippen molar-refractivity contribution in [2.45, 2.75) is 6.92 Å². The second-order valence-electron chi connectivity index (χ2n) is 6.81. The monoisotopic (exact) mass is 432 g/mol. The minimum atomic E-state index is -0.380. The second kappa shape index (κ2) is 9.30. The van der Waals surface area contributed by atoms with Gasteiger partial charge in [-0.3, -0.25) is 4.79 Å². The van der Waals surface area contributed by atoms with Gasteiger partial charge in [-0.15, -0.1) is 5.10 Å². The Labute approximate surface area is 184 Å². The molecule has 0 saturated heterocycles. The van der Waals surface area contributed by atoms with E-state index in [0.717, 1.165) is 0 Å². The third-order valence-electron chi connectivity index (χ3n) is 4.62. The average Bonchev–Trinajstić information content (AvgIpc) is 3.23. The van der Waals surface area contributed by atoms with Crippen LogP contribution >= 0.6 is 0 Å². The number of carbonyl (C=O) groups is 1. The van der Waals surface area contributed by atoms with Crippen LogP contribution in [-0.2, 0) is 0 Å². The zero-order chi connectivity index (χ0) is 22.5. The van der Waals surface area contributed by atoms with Crippen molar-refractivity contribution in [1.29, 1.82) is 0 Å². The number of hydrogen-bond donors (Lipinski definition) is 1. The van der Waals surface area contributed by atoms with E-state index >= 15 is 0 Å². The molecule has 0 aliphatic rings. The number of methoxy groups -OCH3 is 1. The van der Waals surface area contributed by atoms with Crippen LogP contribution in [0.3, 0.4) is 0 Å². The molecule has 0 saturated carbocycles. The van der Waals surface area contributed by atoms with Gasteiger partial charge in [0.1, 0.15) is 11.6 Å². The van der Waals surface area contributed by atoms with Crippen molar-refractivity contribution in [3.05, 3.63) is 84.2 Å². The van der Waals surface area contributed by atoms with Crippen molar-refractivity contribution < 1.29 is 18.7 Å². The third-order valence-corrected chi connectivity index (χ3v) is 4.62. The first-order valence-corrected chi connectivity index (χ1v) is 9.99. The molecular formula is C24H21FN4O3. The van der Waals surface area contributed by atoms with E-state index in [0.29, 0.717) is 40.7 Å². The van der Waals surface area contributed by atoms with E-state index in [9.17, 15) is 9.18 Å². The number of amides is 1. The first-order valence-electron chi connectivity index (χ1n) is 9.99. The number of halogens is 1. The molecule has 4 rings (SSSR count). The Morgan fingerprint density at radius 2 is 1.88 bits per heavy atom. The quantitative estimate of drug-likeness (QED) is 0.457. The van der Waals surface area contributed by atoms with Crippen molar-refractivity contribution >= 4 is 11.6 Å². The van der Waals surface area contributed by atoms with E-state index in [1.54, 1.807) is 66.4 Å². The van der Waals surface area contributed by atoms with Crippen molar-refractivity contribution in [2.75, 3.05) is 19.0 Å². The topological polar surface area (TPSA) is 78.3 Å². The molecule has 0 atom stereocenters. The fraction of sp³-hybridized carbons (Fsp3) is 0.125. The predicted octanol–water partition coefficient (Wildman–Crippen LogP) is 4.73. The van der Waals surface area contributed by atoms with Crippen LogP contribution in [0, 0.1) is 5.82 Å². The molecule has 1 N–H and O–H groups in total. The first kappa shape index (κ1) is 21.0. The molecule has 3 aromatic carbocycles. The third kappa shape index (κ3) is 4.59. The van der Waals surface area contributed by atoms with Crippen LogP contribution in [0.25, 0.3) is 17.1 Å². The van der Waals surface area contributed by atoms with Crippen LogP contribution in [0.5, 0.6) is 11.8 Å². The summed E-state index contributed by atoms with van der Waals surface area (Å²) in [6, 6.07) is 20.3. The molecule has 4 aromatic rings. The average molecular weight is 432 g/mol. The van der Waals surface area contributed by atoms with Gasteiger partial charge in [0.15, 0.2) is 5.82 Å². The highest BCUT2D eigenvalue weighted by atomic mass is 19.1. The Morgan fingerprint density at radius 3 is 2.66 bits per heavy atom. The highest BCUT2D eigenvalue weighted by Crippen LogP contribution is 2.26. The van der Waals surface area contributed by atoms with Crippen LogP contribution in [0.2, 0.25) is 0 Å². The molecule has 0 aliphatic carbocycles. The number of nitrogens with zero attached hydrogens (tertiary/aromatic N) is 3. The van der Waals surface area contributed by atoms with Crippen molar-refractivity contribution in [3.8, 4) is 28.8 Å². The molecule has 7 nitrogen and oxygen atoms in total. The Bertz CT molecular complexity index is 1260. The van der Waals surface area contributed by atoms with Crippen molar-refractivity contribution in [2.24, 2.45) is 0 Å². The Morgan fingerprint density at radius 1 is 1.06 bits per heavy atom. The van der Waals surface area contributed by atoms with Crippen molar-refractivity contribution in [3.63, 3.8) is 0 Å². The van der Waals surface area contributed by atoms with Gasteiger partial charge in [0.25, 0.3) is 5.91 Å². The minimum absolute atomic E-state index is 0.178. The molecule has 32 heavy (non-hydrogen) atoms. The summed E-state index contributed by atoms with van der Waals surface area (Å²) < 4.78 is 26.0. The van der Waals surface area contributed by atoms with E-state index in [2.05, 4.69) is 15.4 Å². The number of hydrogen-bond acceptors (Lipinski definition) is 5. The number of anilines is 1. The number of benzene rings is 3. The normalized spacial score (nSPS) is 10.6. The lowest BCUT2D eigenvalue weighted by atomic mass is 10.2. The van der Waals surface area contributed by atoms with Gasteiger partial charge in [0, 0.05) is 16.8 Å². The molecule has 0 bridgehead atoms. The predicted molar refractivity (Wildman–Crippen MR) is 119 cm³/mol. The molecule has 8 heteroatoms. The number of nitrogens with one attached hydrogen (secondary N) is 1. The minimum Gasteiger partial charge on any atom is -0.497 e. The SMILES string of the molecule is CCOc1nc(-c2cccc(F)c2)n(-c2cccc(NC(=O)c3cccc(OC)c3)c2)n1. The van der Waals surface area contributed by atoms with Gasteiger partial charge in [-0.05, 0) is 55.5 Å². The van der Waals surface area contributed by atoms with Gasteiger partial charge in [-0.25, -0.2) is 9.07 Å². The number of ether oxygens (including phenoxy) is 2. The summed E-state index contributed by atoms with van der Waals surface area (Å²) in [6.07, 6.45) is 0. The van der Waals surface area contributed by atoms with Crippen LogP contribution in [0.1, 0.15) is 17.3 Å². The maximum Gasteiger partial charge on any atom is 0.336 e. The molecule has 0 fully saturated rings. The molecule has 1 heterocycles. The van der Waals surface area contributed by atoms with Crippen LogP contribution in [-0.4, -0.2) is 34.4 Å². The molecule has 162 valence electrons. The van der Waals surface area contributed by atoms with E-state index in [4.69, 9.17) is 9.47 Å². The standard InChI is InChI=1S/C24H21FN4O3/c1-3-32-24-27-22(16-7-4-9-18(25)13-16)29(28-24)20-11-6-10-19(15-20)26-23(30)17-8-5-12-21(14-17)31-2/h4-15H,3H2,1-2H3,(H,26,30). The summed E-state index contributed by atoms with van der Waals surface area (Å²) in [5.74, 6) is 0.357. The lowest BCUT2D eigenvalue weighted by Gasteiger charge is -2.10. The lowest BCUT2D eigenvalue weighted by molar-refractivity contribution is 0.102. The fourth-order valence-electron chi connectivity index (χ4n) is 3.16. The zero-order valence-electron chi connectivity index (χ0n) is 17.6. The lowest BCUT2D eigenvalue weighted by Crippen LogP contribution is -2.12. The maximum absolute atomic E-state index is 13.8. The van der Waals surface area contributed by atoms with E-state index in [-0.39, 0.29) is 17.7 Å². The first-order chi connectivity index (χ1) is 15.6. The van der Waals surface area contributed by atoms with Gasteiger partial charge < -0.3 is 14.8 Å². The van der Waals surface area contributed by atoms with E-state index in [1.807, 2.05) is 13.0 Å². The molecule has 0 aliphatic heterocycles. The summed E-state index contributed by atoms with van der Waals surface area (Å²) >= 11 is 0. The summed E-state index contributed by atoms with van der Waals surface area (Å²) in [4.78, 5) is 17.1. The van der Waals surface area contributed by atoms with Gasteiger partial charge in [0.2, 0.25) is 0 Å². The molecule has 0 unspecified atom stereocenters. The molecular weight excluding hydrogens is 411 g/mol. The Kier molecular flexibility index (Phi) is 6.12. The van der Waals surface area contributed by atoms with Crippen LogP contribution in [0.4, 0.5) is 10.1 Å². The van der Waals surface area contributed by atoms with Crippen molar-refractivity contribution in [1.82, 2.24) is 14.8 Å².